The van der Waals surface area contributed by atoms with Crippen LogP contribution in [-0.2, 0) is 4.79 Å². The van der Waals surface area contributed by atoms with Crippen LogP contribution in [0.1, 0.15) is 13.3 Å². The van der Waals surface area contributed by atoms with Crippen LogP contribution < -0.4 is 5.73 Å². The van der Waals surface area contributed by atoms with Gasteiger partial charge in [-0.05, 0) is 13.5 Å². The molecule has 1 unspecified atom stereocenters. The van der Waals surface area contributed by atoms with Gasteiger partial charge in [0.2, 0.25) is 5.91 Å². The Bertz CT molecular complexity index is 155. The lowest BCUT2D eigenvalue weighted by molar-refractivity contribution is -0.130. The van der Waals surface area contributed by atoms with Crippen molar-refractivity contribution >= 4 is 5.91 Å². The van der Waals surface area contributed by atoms with Gasteiger partial charge >= 0.3 is 0 Å². The number of hydrogen-bond acceptors (Lipinski definition) is 3. The molecule has 0 aromatic carbocycles. The number of amides is 1. The van der Waals surface area contributed by atoms with E-state index in [0.29, 0.717) is 19.1 Å². The lowest BCUT2D eigenvalue weighted by Gasteiger charge is -2.26. The first-order valence-electron chi connectivity index (χ1n) is 4.63. The quantitative estimate of drug-likeness (QED) is 0.645. The molecule has 4 nitrogen and oxygen atoms in total. The van der Waals surface area contributed by atoms with E-state index >= 15 is 0 Å². The van der Waals surface area contributed by atoms with Crippen LogP contribution in [0.25, 0.3) is 0 Å². The number of carbonyl (C=O) groups is 1. The minimum Gasteiger partial charge on any atom is -0.348 e. The molecule has 0 rings (SSSR count). The second kappa shape index (κ2) is 5.94. The third-order valence-corrected chi connectivity index (χ3v) is 2.25. The predicted molar refractivity (Wildman–Crippen MR) is 54.5 cm³/mol. The molecule has 0 bridgehead atoms. The molecule has 0 saturated carbocycles. The molecular weight excluding hydrogens is 166 g/mol. The zero-order chi connectivity index (χ0) is 10.4. The third kappa shape index (κ3) is 4.24. The number of hydrogen-bond donors (Lipinski definition) is 1. The summed E-state index contributed by atoms with van der Waals surface area (Å²) in [6.07, 6.45) is 0.980. The lowest BCUT2D eigenvalue weighted by atomic mass is 10.2. The topological polar surface area (TPSA) is 49.6 Å². The maximum atomic E-state index is 11.3. The fraction of sp³-hybridized carbons (Fsp3) is 0.889. The van der Waals surface area contributed by atoms with Crippen molar-refractivity contribution in [3.8, 4) is 0 Å². The minimum atomic E-state index is 0.120. The highest BCUT2D eigenvalue weighted by Gasteiger charge is 2.14. The van der Waals surface area contributed by atoms with Gasteiger partial charge in [-0.25, -0.2) is 0 Å². The highest BCUT2D eigenvalue weighted by Crippen LogP contribution is 1.99. The SMILES string of the molecule is CCC(CN)N(C)CC(=O)N(C)C. The van der Waals surface area contributed by atoms with Crippen LogP contribution >= 0.6 is 0 Å². The summed E-state index contributed by atoms with van der Waals surface area (Å²) in [6.45, 7) is 3.13. The van der Waals surface area contributed by atoms with Crippen molar-refractivity contribution in [3.63, 3.8) is 0 Å². The van der Waals surface area contributed by atoms with Crippen LogP contribution in [0.5, 0.6) is 0 Å². The van der Waals surface area contributed by atoms with Gasteiger partial charge in [0.15, 0.2) is 0 Å². The summed E-state index contributed by atoms with van der Waals surface area (Å²) in [5.41, 5.74) is 5.57. The van der Waals surface area contributed by atoms with E-state index in [1.54, 1.807) is 19.0 Å². The Morgan fingerprint density at radius 3 is 2.23 bits per heavy atom. The maximum absolute atomic E-state index is 11.3. The molecule has 78 valence electrons. The molecule has 0 aliphatic carbocycles. The van der Waals surface area contributed by atoms with Crippen LogP contribution in [-0.4, -0.2) is 56.0 Å². The molecule has 1 amide bonds. The third-order valence-electron chi connectivity index (χ3n) is 2.25. The first kappa shape index (κ1) is 12.4. The largest absolute Gasteiger partial charge is 0.348 e. The van der Waals surface area contributed by atoms with Gasteiger partial charge < -0.3 is 10.6 Å². The molecule has 0 heterocycles. The van der Waals surface area contributed by atoms with Crippen molar-refractivity contribution in [1.29, 1.82) is 0 Å². The highest BCUT2D eigenvalue weighted by molar-refractivity contribution is 5.77. The number of likely N-dealkylation sites (N-methyl/N-ethyl adjacent to an activating group) is 2. The van der Waals surface area contributed by atoms with Crippen molar-refractivity contribution in [3.05, 3.63) is 0 Å². The average molecular weight is 187 g/mol. The van der Waals surface area contributed by atoms with E-state index in [0.717, 1.165) is 6.42 Å². The first-order chi connectivity index (χ1) is 6.02. The van der Waals surface area contributed by atoms with E-state index in [4.69, 9.17) is 5.73 Å². The molecule has 4 heteroatoms. The van der Waals surface area contributed by atoms with Crippen LogP contribution in [0.4, 0.5) is 0 Å². The number of carbonyl (C=O) groups excluding carboxylic acids is 1. The smallest absolute Gasteiger partial charge is 0.236 e. The number of rotatable bonds is 5. The normalized spacial score (nSPS) is 13.1. The monoisotopic (exact) mass is 187 g/mol. The molecule has 0 aromatic rings. The van der Waals surface area contributed by atoms with Crippen molar-refractivity contribution in [2.75, 3.05) is 34.2 Å². The average Bonchev–Trinajstić information content (AvgIpc) is 2.06. The Balaban J connectivity index is 3.97. The van der Waals surface area contributed by atoms with Crippen LogP contribution in [0.3, 0.4) is 0 Å². The molecule has 0 saturated heterocycles. The van der Waals surface area contributed by atoms with Gasteiger partial charge in [0.1, 0.15) is 0 Å². The van der Waals surface area contributed by atoms with Crippen LogP contribution in [0, 0.1) is 0 Å². The van der Waals surface area contributed by atoms with Gasteiger partial charge in [0, 0.05) is 26.7 Å². The molecule has 0 aromatic heterocycles. The molecule has 0 aliphatic heterocycles. The Hall–Kier alpha value is -0.610. The molecule has 1 atom stereocenters. The summed E-state index contributed by atoms with van der Waals surface area (Å²) in [5, 5.41) is 0. The lowest BCUT2D eigenvalue weighted by Crippen LogP contribution is -2.43. The van der Waals surface area contributed by atoms with E-state index in [2.05, 4.69) is 6.92 Å². The Morgan fingerprint density at radius 2 is 1.92 bits per heavy atom. The van der Waals surface area contributed by atoms with Gasteiger partial charge in [0.25, 0.3) is 0 Å². The second-order valence-electron chi connectivity index (χ2n) is 3.50. The van der Waals surface area contributed by atoms with Gasteiger partial charge in [-0.2, -0.15) is 0 Å². The standard InChI is InChI=1S/C9H21N3O/c1-5-8(6-10)12(4)7-9(13)11(2)3/h8H,5-7,10H2,1-4H3. The number of nitrogens with zero attached hydrogens (tertiary/aromatic N) is 2. The van der Waals surface area contributed by atoms with Crippen molar-refractivity contribution in [1.82, 2.24) is 9.80 Å². The molecular formula is C9H21N3O. The van der Waals surface area contributed by atoms with E-state index in [-0.39, 0.29) is 5.91 Å². The van der Waals surface area contributed by atoms with E-state index in [1.165, 1.54) is 0 Å². The molecule has 13 heavy (non-hydrogen) atoms. The van der Waals surface area contributed by atoms with E-state index in [1.807, 2.05) is 11.9 Å². The van der Waals surface area contributed by atoms with Gasteiger partial charge in [-0.1, -0.05) is 6.92 Å². The molecule has 0 spiro atoms. The summed E-state index contributed by atoms with van der Waals surface area (Å²) in [5.74, 6) is 0.120. The highest BCUT2D eigenvalue weighted by atomic mass is 16.2. The first-order valence-corrected chi connectivity index (χ1v) is 4.63. The zero-order valence-corrected chi connectivity index (χ0v) is 9.08. The van der Waals surface area contributed by atoms with E-state index < -0.39 is 0 Å². The van der Waals surface area contributed by atoms with Gasteiger partial charge in [0.05, 0.1) is 6.54 Å². The molecule has 2 N–H and O–H groups in total. The van der Waals surface area contributed by atoms with Crippen molar-refractivity contribution < 1.29 is 4.79 Å². The molecule has 0 fully saturated rings. The fourth-order valence-corrected chi connectivity index (χ4v) is 1.14. The fourth-order valence-electron chi connectivity index (χ4n) is 1.14. The Morgan fingerprint density at radius 1 is 1.38 bits per heavy atom. The predicted octanol–water partition coefficient (Wildman–Crippen LogP) is -0.256. The summed E-state index contributed by atoms with van der Waals surface area (Å²) in [7, 11) is 5.46. The summed E-state index contributed by atoms with van der Waals surface area (Å²) in [6, 6.07) is 0.309. The Labute approximate surface area is 80.7 Å². The number of nitrogens with two attached hydrogens (primary N) is 1. The van der Waals surface area contributed by atoms with Crippen LogP contribution in [0.15, 0.2) is 0 Å². The van der Waals surface area contributed by atoms with Gasteiger partial charge in [-0.3, -0.25) is 9.69 Å². The molecule has 0 aliphatic rings. The molecule has 0 radical (unpaired) electrons. The summed E-state index contributed by atoms with van der Waals surface area (Å²) < 4.78 is 0. The van der Waals surface area contributed by atoms with E-state index in [9.17, 15) is 4.79 Å². The van der Waals surface area contributed by atoms with Crippen molar-refractivity contribution in [2.45, 2.75) is 19.4 Å². The van der Waals surface area contributed by atoms with Gasteiger partial charge in [-0.15, -0.1) is 0 Å². The maximum Gasteiger partial charge on any atom is 0.236 e. The Kier molecular flexibility index (Phi) is 5.66. The summed E-state index contributed by atoms with van der Waals surface area (Å²) >= 11 is 0. The minimum absolute atomic E-state index is 0.120. The van der Waals surface area contributed by atoms with Crippen LogP contribution in [0.2, 0.25) is 0 Å². The second-order valence-corrected chi connectivity index (χ2v) is 3.50. The van der Waals surface area contributed by atoms with Crippen molar-refractivity contribution in [2.24, 2.45) is 5.73 Å². The zero-order valence-electron chi connectivity index (χ0n) is 9.08. The summed E-state index contributed by atoms with van der Waals surface area (Å²) in [4.78, 5) is 14.9.